The van der Waals surface area contributed by atoms with Crippen molar-refractivity contribution in [3.05, 3.63) is 36.0 Å². The molecule has 2 rings (SSSR count). The smallest absolute Gasteiger partial charge is 0.292 e. The number of nitrogens with zero attached hydrogens (tertiary/aromatic N) is 1. The lowest BCUT2D eigenvalue weighted by Crippen LogP contribution is -2.22. The number of benzene rings is 1. The molecule has 0 aliphatic carbocycles. The molecule has 1 heterocycles. The summed E-state index contributed by atoms with van der Waals surface area (Å²) in [5, 5.41) is 6.72. The van der Waals surface area contributed by atoms with Crippen LogP contribution in [0.5, 0.6) is 5.75 Å². The fourth-order valence-corrected chi connectivity index (χ4v) is 1.58. The molecule has 0 bridgehead atoms. The van der Waals surface area contributed by atoms with Crippen LogP contribution in [-0.4, -0.2) is 30.3 Å². The number of nitrogens with one attached hydrogen (secondary N) is 2. The van der Waals surface area contributed by atoms with Gasteiger partial charge in [-0.25, -0.2) is 5.48 Å². The van der Waals surface area contributed by atoms with Gasteiger partial charge in [-0.2, -0.15) is 5.10 Å². The Morgan fingerprint density at radius 3 is 2.83 bits per heavy atom. The van der Waals surface area contributed by atoms with Crippen LogP contribution in [-0.2, 0) is 4.84 Å². The van der Waals surface area contributed by atoms with Crippen LogP contribution in [0.4, 0.5) is 0 Å². The van der Waals surface area contributed by atoms with Crippen LogP contribution in [0.3, 0.4) is 0 Å². The van der Waals surface area contributed by atoms with E-state index >= 15 is 0 Å². The molecule has 0 spiro atoms. The average molecular weight is 247 g/mol. The zero-order valence-electron chi connectivity index (χ0n) is 10.1. The van der Waals surface area contributed by atoms with Crippen molar-refractivity contribution in [1.82, 2.24) is 15.7 Å². The van der Waals surface area contributed by atoms with Crippen molar-refractivity contribution in [2.24, 2.45) is 0 Å². The second-order valence-electron chi connectivity index (χ2n) is 3.50. The SMILES string of the molecule is CONC(=O)c1cc(-c2ccccc2OC)n[nH]1. The third-order valence-electron chi connectivity index (χ3n) is 2.40. The van der Waals surface area contributed by atoms with Gasteiger partial charge in [-0.15, -0.1) is 0 Å². The molecule has 6 nitrogen and oxygen atoms in total. The molecule has 0 atom stereocenters. The minimum atomic E-state index is -0.383. The topological polar surface area (TPSA) is 76.2 Å². The Balaban J connectivity index is 2.32. The summed E-state index contributed by atoms with van der Waals surface area (Å²) in [5.41, 5.74) is 3.98. The van der Waals surface area contributed by atoms with Gasteiger partial charge in [-0.1, -0.05) is 12.1 Å². The Labute approximate surface area is 104 Å². The number of methoxy groups -OCH3 is 1. The Bertz CT molecular complexity index is 551. The summed E-state index contributed by atoms with van der Waals surface area (Å²) in [6.45, 7) is 0. The van der Waals surface area contributed by atoms with Crippen LogP contribution in [0.25, 0.3) is 11.3 Å². The lowest BCUT2D eigenvalue weighted by atomic mass is 10.1. The first-order chi connectivity index (χ1) is 8.76. The predicted molar refractivity (Wildman–Crippen MR) is 65.1 cm³/mol. The van der Waals surface area contributed by atoms with Crippen molar-refractivity contribution in [1.29, 1.82) is 0 Å². The monoisotopic (exact) mass is 247 g/mol. The van der Waals surface area contributed by atoms with E-state index in [2.05, 4.69) is 20.5 Å². The third-order valence-corrected chi connectivity index (χ3v) is 2.40. The number of carbonyl (C=O) groups excluding carboxylic acids is 1. The third kappa shape index (κ3) is 2.33. The fraction of sp³-hybridized carbons (Fsp3) is 0.167. The zero-order valence-corrected chi connectivity index (χ0v) is 10.1. The van der Waals surface area contributed by atoms with Gasteiger partial charge in [0.1, 0.15) is 11.4 Å². The molecule has 2 N–H and O–H groups in total. The summed E-state index contributed by atoms with van der Waals surface area (Å²) >= 11 is 0. The molecule has 18 heavy (non-hydrogen) atoms. The maximum Gasteiger partial charge on any atom is 0.292 e. The van der Waals surface area contributed by atoms with Crippen LogP contribution in [0.15, 0.2) is 30.3 Å². The summed E-state index contributed by atoms with van der Waals surface area (Å²) < 4.78 is 5.24. The molecule has 0 fully saturated rings. The summed E-state index contributed by atoms with van der Waals surface area (Å²) in [7, 11) is 2.96. The lowest BCUT2D eigenvalue weighted by molar-refractivity contribution is 0.0532. The number of H-pyrrole nitrogens is 1. The van der Waals surface area contributed by atoms with E-state index in [1.54, 1.807) is 13.2 Å². The maximum atomic E-state index is 11.5. The summed E-state index contributed by atoms with van der Waals surface area (Å²) in [6.07, 6.45) is 0. The van der Waals surface area contributed by atoms with Gasteiger partial charge >= 0.3 is 0 Å². The molecule has 0 radical (unpaired) electrons. The van der Waals surface area contributed by atoms with Crippen molar-refractivity contribution < 1.29 is 14.4 Å². The van der Waals surface area contributed by atoms with E-state index in [4.69, 9.17) is 4.74 Å². The first-order valence-corrected chi connectivity index (χ1v) is 5.28. The number of aromatic amines is 1. The molecule has 94 valence electrons. The van der Waals surface area contributed by atoms with Gasteiger partial charge in [0.15, 0.2) is 0 Å². The molecule has 0 saturated heterocycles. The number of ether oxygens (including phenoxy) is 1. The van der Waals surface area contributed by atoms with Gasteiger partial charge in [0.2, 0.25) is 0 Å². The number of hydroxylamine groups is 1. The average Bonchev–Trinajstić information content (AvgIpc) is 2.88. The molecule has 0 unspecified atom stereocenters. The van der Waals surface area contributed by atoms with Crippen LogP contribution in [0.1, 0.15) is 10.5 Å². The number of para-hydroxylation sites is 1. The van der Waals surface area contributed by atoms with Crippen molar-refractivity contribution in [3.8, 4) is 17.0 Å². The Kier molecular flexibility index (Phi) is 3.59. The summed E-state index contributed by atoms with van der Waals surface area (Å²) in [4.78, 5) is 16.1. The van der Waals surface area contributed by atoms with E-state index < -0.39 is 0 Å². The molecule has 1 aromatic heterocycles. The Morgan fingerprint density at radius 2 is 2.11 bits per heavy atom. The van der Waals surface area contributed by atoms with Crippen molar-refractivity contribution in [3.63, 3.8) is 0 Å². The molecule has 0 aliphatic rings. The molecular weight excluding hydrogens is 234 g/mol. The van der Waals surface area contributed by atoms with Gasteiger partial charge in [-0.3, -0.25) is 14.7 Å². The predicted octanol–water partition coefficient (Wildman–Crippen LogP) is 1.38. The van der Waals surface area contributed by atoms with Crippen molar-refractivity contribution in [2.75, 3.05) is 14.2 Å². The largest absolute Gasteiger partial charge is 0.496 e. The van der Waals surface area contributed by atoms with Crippen LogP contribution in [0.2, 0.25) is 0 Å². The van der Waals surface area contributed by atoms with E-state index in [0.717, 1.165) is 5.56 Å². The highest BCUT2D eigenvalue weighted by molar-refractivity contribution is 5.92. The number of amides is 1. The highest BCUT2D eigenvalue weighted by Gasteiger charge is 2.13. The quantitative estimate of drug-likeness (QED) is 0.800. The van der Waals surface area contributed by atoms with Crippen molar-refractivity contribution >= 4 is 5.91 Å². The summed E-state index contributed by atoms with van der Waals surface area (Å²) in [5.74, 6) is 0.314. The van der Waals surface area contributed by atoms with Crippen LogP contribution >= 0.6 is 0 Å². The number of aromatic nitrogens is 2. The molecule has 0 aliphatic heterocycles. The zero-order chi connectivity index (χ0) is 13.0. The Morgan fingerprint density at radius 1 is 1.33 bits per heavy atom. The summed E-state index contributed by atoms with van der Waals surface area (Å²) in [6, 6.07) is 9.08. The second-order valence-corrected chi connectivity index (χ2v) is 3.50. The maximum absolute atomic E-state index is 11.5. The molecule has 2 aromatic rings. The van der Waals surface area contributed by atoms with E-state index in [1.165, 1.54) is 7.11 Å². The number of rotatable bonds is 4. The number of carbonyl (C=O) groups is 1. The minimum absolute atomic E-state index is 0.317. The minimum Gasteiger partial charge on any atom is -0.496 e. The molecule has 1 amide bonds. The van der Waals surface area contributed by atoms with Gasteiger partial charge in [0, 0.05) is 5.56 Å². The number of hydrogen-bond donors (Lipinski definition) is 2. The first kappa shape index (κ1) is 12.1. The van der Waals surface area contributed by atoms with Gasteiger partial charge in [0.05, 0.1) is 19.9 Å². The lowest BCUT2D eigenvalue weighted by Gasteiger charge is -2.04. The second kappa shape index (κ2) is 5.33. The van der Waals surface area contributed by atoms with E-state index in [9.17, 15) is 4.79 Å². The molecule has 1 aromatic carbocycles. The fourth-order valence-electron chi connectivity index (χ4n) is 1.58. The standard InChI is InChI=1S/C12H13N3O3/c1-17-11-6-4-3-5-8(11)9-7-10(14-13-9)12(16)15-18-2/h3-7H,1-2H3,(H,13,14)(H,15,16). The van der Waals surface area contributed by atoms with Gasteiger partial charge in [-0.05, 0) is 18.2 Å². The van der Waals surface area contributed by atoms with Crippen LogP contribution < -0.4 is 10.2 Å². The van der Waals surface area contributed by atoms with Gasteiger partial charge < -0.3 is 4.74 Å². The highest BCUT2D eigenvalue weighted by atomic mass is 16.6. The molecule has 6 heteroatoms. The van der Waals surface area contributed by atoms with E-state index in [1.807, 2.05) is 24.3 Å². The normalized spacial score (nSPS) is 10.1. The molecular formula is C12H13N3O3. The van der Waals surface area contributed by atoms with E-state index in [0.29, 0.717) is 17.1 Å². The Hall–Kier alpha value is -2.34. The number of hydrogen-bond acceptors (Lipinski definition) is 4. The van der Waals surface area contributed by atoms with Crippen molar-refractivity contribution in [2.45, 2.75) is 0 Å². The van der Waals surface area contributed by atoms with E-state index in [-0.39, 0.29) is 5.91 Å². The highest BCUT2D eigenvalue weighted by Crippen LogP contribution is 2.28. The van der Waals surface area contributed by atoms with Crippen LogP contribution in [0, 0.1) is 0 Å². The first-order valence-electron chi connectivity index (χ1n) is 5.28. The van der Waals surface area contributed by atoms with Gasteiger partial charge in [0.25, 0.3) is 5.91 Å². The molecule has 0 saturated carbocycles.